The summed E-state index contributed by atoms with van der Waals surface area (Å²) in [6, 6.07) is 26.2. The second-order valence-electron chi connectivity index (χ2n) is 7.51. The minimum Gasteiger partial charge on any atom is -0.299 e. The molecular weight excluding hydrogens is 482 g/mol. The SMILES string of the molecule is O=C(Cc1ccc(Cl)cc1-c1ccc(Cl)cc1)Cc1ccc(Cl)cc1-c1ccc(Cl)cc1. The lowest BCUT2D eigenvalue weighted by atomic mass is 9.92. The molecule has 0 atom stereocenters. The lowest BCUT2D eigenvalue weighted by Gasteiger charge is -2.13. The van der Waals surface area contributed by atoms with E-state index < -0.39 is 0 Å². The van der Waals surface area contributed by atoms with Crippen molar-refractivity contribution in [3.05, 3.63) is 116 Å². The molecule has 0 saturated heterocycles. The van der Waals surface area contributed by atoms with E-state index >= 15 is 0 Å². The average molecular weight is 500 g/mol. The van der Waals surface area contributed by atoms with E-state index in [1.54, 1.807) is 0 Å². The van der Waals surface area contributed by atoms with Crippen molar-refractivity contribution in [1.82, 2.24) is 0 Å². The van der Waals surface area contributed by atoms with Gasteiger partial charge in [0.2, 0.25) is 0 Å². The summed E-state index contributed by atoms with van der Waals surface area (Å²) in [6.07, 6.45) is 0.579. The van der Waals surface area contributed by atoms with Crippen molar-refractivity contribution < 1.29 is 4.79 Å². The Morgan fingerprint density at radius 3 is 1.22 bits per heavy atom. The molecule has 0 amide bonds. The van der Waals surface area contributed by atoms with Crippen molar-refractivity contribution >= 4 is 52.2 Å². The number of rotatable bonds is 6. The number of hydrogen-bond acceptors (Lipinski definition) is 1. The number of carbonyl (C=O) groups is 1. The van der Waals surface area contributed by atoms with Crippen LogP contribution in [0.5, 0.6) is 0 Å². The van der Waals surface area contributed by atoms with Gasteiger partial charge in [0.05, 0.1) is 0 Å². The topological polar surface area (TPSA) is 17.1 Å². The smallest absolute Gasteiger partial charge is 0.141 e. The number of Topliss-reactive ketones (excluding diaryl/α,β-unsaturated/α-hetero) is 1. The molecule has 0 spiro atoms. The molecule has 0 heterocycles. The van der Waals surface area contributed by atoms with Crippen LogP contribution in [0.4, 0.5) is 0 Å². The van der Waals surface area contributed by atoms with E-state index in [2.05, 4.69) is 0 Å². The number of benzene rings is 4. The van der Waals surface area contributed by atoms with Crippen molar-refractivity contribution in [3.8, 4) is 22.3 Å². The van der Waals surface area contributed by atoms with Crippen LogP contribution in [0.15, 0.2) is 84.9 Å². The number of halogens is 4. The van der Waals surface area contributed by atoms with Crippen molar-refractivity contribution in [3.63, 3.8) is 0 Å². The Morgan fingerprint density at radius 2 is 0.844 bits per heavy atom. The zero-order valence-corrected chi connectivity index (χ0v) is 19.9. The molecule has 4 rings (SSSR count). The standard InChI is InChI=1S/C27H18Cl4O/c28-21-7-1-17(2-8-21)26-15-23(30)11-5-19(26)13-25(32)14-20-6-12-24(31)16-27(20)18-3-9-22(29)10-4-18/h1-12,15-16H,13-14H2. The monoisotopic (exact) mass is 498 g/mol. The zero-order valence-electron chi connectivity index (χ0n) is 16.9. The fourth-order valence-corrected chi connectivity index (χ4v) is 4.29. The highest BCUT2D eigenvalue weighted by Crippen LogP contribution is 2.31. The van der Waals surface area contributed by atoms with Gasteiger partial charge in [-0.1, -0.05) is 82.8 Å². The van der Waals surface area contributed by atoms with Crippen LogP contribution in [0, 0.1) is 0 Å². The maximum atomic E-state index is 13.1. The Hall–Kier alpha value is -2.29. The summed E-state index contributed by atoms with van der Waals surface area (Å²) >= 11 is 24.6. The Morgan fingerprint density at radius 1 is 0.500 bits per heavy atom. The largest absolute Gasteiger partial charge is 0.299 e. The Kier molecular flexibility index (Phi) is 7.23. The fraction of sp³-hybridized carbons (Fsp3) is 0.0741. The minimum atomic E-state index is 0.0973. The average Bonchev–Trinajstić information content (AvgIpc) is 2.77. The highest BCUT2D eigenvalue weighted by molar-refractivity contribution is 6.32. The summed E-state index contributed by atoms with van der Waals surface area (Å²) in [7, 11) is 0. The molecular formula is C27H18Cl4O. The van der Waals surface area contributed by atoms with Crippen molar-refractivity contribution in [2.24, 2.45) is 0 Å². The van der Waals surface area contributed by atoms with E-state index in [1.165, 1.54) is 0 Å². The van der Waals surface area contributed by atoms with Crippen molar-refractivity contribution in [2.45, 2.75) is 12.8 Å². The third kappa shape index (κ3) is 5.54. The predicted octanol–water partition coefficient (Wildman–Crippen LogP) is 8.99. The van der Waals surface area contributed by atoms with Crippen LogP contribution in [0.25, 0.3) is 22.3 Å². The van der Waals surface area contributed by atoms with Crippen molar-refractivity contribution in [1.29, 1.82) is 0 Å². The minimum absolute atomic E-state index is 0.0973. The van der Waals surface area contributed by atoms with E-state index in [0.29, 0.717) is 20.1 Å². The van der Waals surface area contributed by atoms with Crippen LogP contribution in [-0.2, 0) is 17.6 Å². The second kappa shape index (κ2) is 10.1. The van der Waals surface area contributed by atoms with Crippen LogP contribution in [0.2, 0.25) is 20.1 Å². The zero-order chi connectivity index (χ0) is 22.7. The first-order valence-corrected chi connectivity index (χ1v) is 11.5. The number of ketones is 1. The molecule has 0 unspecified atom stereocenters. The van der Waals surface area contributed by atoms with E-state index in [9.17, 15) is 4.79 Å². The lowest BCUT2D eigenvalue weighted by Crippen LogP contribution is -2.08. The van der Waals surface area contributed by atoms with Gasteiger partial charge in [-0.25, -0.2) is 0 Å². The van der Waals surface area contributed by atoms with E-state index in [4.69, 9.17) is 46.4 Å². The first kappa shape index (κ1) is 22.9. The van der Waals surface area contributed by atoms with E-state index in [0.717, 1.165) is 33.4 Å². The quantitative estimate of drug-likeness (QED) is 0.258. The normalized spacial score (nSPS) is 10.9. The first-order chi connectivity index (χ1) is 15.4. The molecule has 32 heavy (non-hydrogen) atoms. The molecule has 160 valence electrons. The van der Waals surface area contributed by atoms with Crippen LogP contribution < -0.4 is 0 Å². The third-order valence-corrected chi connectivity index (χ3v) is 6.20. The number of hydrogen-bond donors (Lipinski definition) is 0. The molecule has 0 saturated carbocycles. The molecule has 4 aromatic rings. The van der Waals surface area contributed by atoms with Gasteiger partial charge in [0.1, 0.15) is 5.78 Å². The Bertz CT molecular complexity index is 1160. The highest BCUT2D eigenvalue weighted by Gasteiger charge is 2.14. The van der Waals surface area contributed by atoms with Gasteiger partial charge in [-0.05, 0) is 81.9 Å². The third-order valence-electron chi connectivity index (χ3n) is 5.23. The summed E-state index contributed by atoms with van der Waals surface area (Å²) in [6.45, 7) is 0. The van der Waals surface area contributed by atoms with E-state index in [1.807, 2.05) is 84.9 Å². The second-order valence-corrected chi connectivity index (χ2v) is 9.25. The molecule has 0 bridgehead atoms. The predicted molar refractivity (Wildman–Crippen MR) is 136 cm³/mol. The maximum absolute atomic E-state index is 13.1. The van der Waals surface area contributed by atoms with Crippen LogP contribution in [0.3, 0.4) is 0 Å². The highest BCUT2D eigenvalue weighted by atomic mass is 35.5. The summed E-state index contributed by atoms with van der Waals surface area (Å²) in [5, 5.41) is 2.56. The molecule has 0 N–H and O–H groups in total. The lowest BCUT2D eigenvalue weighted by molar-refractivity contribution is -0.117. The van der Waals surface area contributed by atoms with Crippen LogP contribution >= 0.6 is 46.4 Å². The van der Waals surface area contributed by atoms with Gasteiger partial charge in [0.25, 0.3) is 0 Å². The first-order valence-electron chi connectivity index (χ1n) is 9.99. The summed E-state index contributed by atoms with van der Waals surface area (Å²) < 4.78 is 0. The van der Waals surface area contributed by atoms with Gasteiger partial charge in [0.15, 0.2) is 0 Å². The van der Waals surface area contributed by atoms with Gasteiger partial charge in [-0.15, -0.1) is 0 Å². The number of carbonyl (C=O) groups excluding carboxylic acids is 1. The molecule has 0 aliphatic rings. The van der Waals surface area contributed by atoms with Gasteiger partial charge in [-0.2, -0.15) is 0 Å². The van der Waals surface area contributed by atoms with Crippen molar-refractivity contribution in [2.75, 3.05) is 0 Å². The molecule has 0 aromatic heterocycles. The molecule has 0 aliphatic carbocycles. The van der Waals surface area contributed by atoms with Gasteiger partial charge in [-0.3, -0.25) is 4.79 Å². The van der Waals surface area contributed by atoms with Gasteiger partial charge in [0, 0.05) is 32.9 Å². The molecule has 0 aliphatic heterocycles. The van der Waals surface area contributed by atoms with Crippen LogP contribution in [-0.4, -0.2) is 5.78 Å². The molecule has 5 heteroatoms. The summed E-state index contributed by atoms with van der Waals surface area (Å²) in [4.78, 5) is 13.1. The molecule has 0 fully saturated rings. The van der Waals surface area contributed by atoms with Gasteiger partial charge < -0.3 is 0 Å². The van der Waals surface area contributed by atoms with E-state index in [-0.39, 0.29) is 18.6 Å². The fourth-order valence-electron chi connectivity index (χ4n) is 3.69. The van der Waals surface area contributed by atoms with Gasteiger partial charge >= 0.3 is 0 Å². The Labute approximate surface area is 207 Å². The van der Waals surface area contributed by atoms with Crippen LogP contribution in [0.1, 0.15) is 11.1 Å². The molecule has 1 nitrogen and oxygen atoms in total. The summed E-state index contributed by atoms with van der Waals surface area (Å²) in [5.41, 5.74) is 5.63. The molecule has 0 radical (unpaired) electrons. The molecule has 4 aromatic carbocycles. The maximum Gasteiger partial charge on any atom is 0.141 e. The Balaban J connectivity index is 1.62. The summed E-state index contributed by atoms with van der Waals surface area (Å²) in [5.74, 6) is 0.0973.